The number of urea groups is 1. The first-order chi connectivity index (χ1) is 14.0. The van der Waals surface area contributed by atoms with Crippen molar-refractivity contribution in [2.24, 2.45) is 0 Å². The highest BCUT2D eigenvalue weighted by molar-refractivity contribution is 6.00. The van der Waals surface area contributed by atoms with Crippen LogP contribution >= 0.6 is 0 Å². The smallest absolute Gasteiger partial charge is 0.321 e. The van der Waals surface area contributed by atoms with Gasteiger partial charge in [-0.05, 0) is 12.1 Å². The number of rotatable bonds is 5. The number of anilines is 1. The Morgan fingerprint density at radius 1 is 1.10 bits per heavy atom. The summed E-state index contributed by atoms with van der Waals surface area (Å²) >= 11 is 0. The molecule has 0 aromatic heterocycles. The Hall–Kier alpha value is -3.88. The SMILES string of the molecule is CNC(=O)NC(=O)[C@@H](OC(=O)C[C@H]1Oc2ccccc2NC1=O)c1ccccc1. The second-order valence-corrected chi connectivity index (χ2v) is 6.14. The molecule has 0 bridgehead atoms. The second kappa shape index (κ2) is 8.87. The predicted molar refractivity (Wildman–Crippen MR) is 102 cm³/mol. The van der Waals surface area contributed by atoms with Crippen LogP contribution in [-0.4, -0.2) is 37.0 Å². The lowest BCUT2D eigenvalue weighted by Crippen LogP contribution is -2.42. The van der Waals surface area contributed by atoms with Gasteiger partial charge in [-0.1, -0.05) is 42.5 Å². The molecule has 3 N–H and O–H groups in total. The van der Waals surface area contributed by atoms with Gasteiger partial charge in [0, 0.05) is 12.6 Å². The average molecular weight is 397 g/mol. The molecule has 0 saturated heterocycles. The molecule has 4 amide bonds. The number of hydrogen-bond acceptors (Lipinski definition) is 6. The van der Waals surface area contributed by atoms with Crippen molar-refractivity contribution in [2.45, 2.75) is 18.6 Å². The number of hydrogen-bond donors (Lipinski definition) is 3. The number of carbonyl (C=O) groups is 4. The number of esters is 1. The average Bonchev–Trinajstić information content (AvgIpc) is 2.73. The van der Waals surface area contributed by atoms with Crippen molar-refractivity contribution in [1.29, 1.82) is 0 Å². The lowest BCUT2D eigenvalue weighted by Gasteiger charge is -2.25. The zero-order valence-electron chi connectivity index (χ0n) is 15.5. The van der Waals surface area contributed by atoms with Crippen LogP contribution in [-0.2, 0) is 19.1 Å². The Kier molecular flexibility index (Phi) is 6.08. The van der Waals surface area contributed by atoms with Crippen LogP contribution < -0.4 is 20.7 Å². The van der Waals surface area contributed by atoms with E-state index in [2.05, 4.69) is 16.0 Å². The highest BCUT2D eigenvalue weighted by atomic mass is 16.6. The maximum absolute atomic E-state index is 12.4. The molecule has 3 rings (SSSR count). The van der Waals surface area contributed by atoms with Crippen molar-refractivity contribution in [3.05, 3.63) is 60.2 Å². The third-order valence-electron chi connectivity index (χ3n) is 4.11. The van der Waals surface area contributed by atoms with Crippen molar-refractivity contribution in [1.82, 2.24) is 10.6 Å². The molecule has 2 aromatic rings. The third kappa shape index (κ3) is 4.89. The zero-order chi connectivity index (χ0) is 20.8. The summed E-state index contributed by atoms with van der Waals surface area (Å²) in [5.74, 6) is -1.71. The molecular formula is C20H19N3O6. The van der Waals surface area contributed by atoms with E-state index in [0.29, 0.717) is 17.0 Å². The van der Waals surface area contributed by atoms with Crippen LogP contribution in [0.15, 0.2) is 54.6 Å². The molecule has 1 heterocycles. The number of amides is 4. The molecule has 2 atom stereocenters. The second-order valence-electron chi connectivity index (χ2n) is 6.14. The van der Waals surface area contributed by atoms with Crippen molar-refractivity contribution in [3.8, 4) is 5.75 Å². The van der Waals surface area contributed by atoms with Crippen LogP contribution in [0.5, 0.6) is 5.75 Å². The van der Waals surface area contributed by atoms with E-state index in [4.69, 9.17) is 9.47 Å². The first kappa shape index (κ1) is 19.9. The fraction of sp³-hybridized carbons (Fsp3) is 0.200. The molecule has 9 heteroatoms. The van der Waals surface area contributed by atoms with Crippen molar-refractivity contribution in [3.63, 3.8) is 0 Å². The highest BCUT2D eigenvalue weighted by Crippen LogP contribution is 2.30. The van der Waals surface area contributed by atoms with E-state index in [1.807, 2.05) is 0 Å². The summed E-state index contributed by atoms with van der Waals surface area (Å²) in [5.41, 5.74) is 0.885. The van der Waals surface area contributed by atoms with Crippen molar-refractivity contribution >= 4 is 29.5 Å². The summed E-state index contributed by atoms with van der Waals surface area (Å²) in [6, 6.07) is 14.3. The van der Waals surface area contributed by atoms with Crippen LogP contribution in [0.4, 0.5) is 10.5 Å². The molecule has 0 fully saturated rings. The van der Waals surface area contributed by atoms with Crippen LogP contribution in [0.3, 0.4) is 0 Å². The van der Waals surface area contributed by atoms with E-state index in [1.165, 1.54) is 7.05 Å². The van der Waals surface area contributed by atoms with E-state index >= 15 is 0 Å². The summed E-state index contributed by atoms with van der Waals surface area (Å²) in [5, 5.41) is 6.99. The lowest BCUT2D eigenvalue weighted by atomic mass is 10.1. The minimum atomic E-state index is -1.36. The molecule has 29 heavy (non-hydrogen) atoms. The van der Waals surface area contributed by atoms with Gasteiger partial charge in [0.15, 0.2) is 6.10 Å². The van der Waals surface area contributed by atoms with E-state index in [-0.39, 0.29) is 0 Å². The minimum Gasteiger partial charge on any atom is -0.478 e. The zero-order valence-corrected chi connectivity index (χ0v) is 15.5. The van der Waals surface area contributed by atoms with Gasteiger partial charge >= 0.3 is 12.0 Å². The molecule has 0 saturated carbocycles. The monoisotopic (exact) mass is 397 g/mol. The van der Waals surface area contributed by atoms with Gasteiger partial charge in [-0.2, -0.15) is 0 Å². The molecule has 2 aromatic carbocycles. The first-order valence-electron chi connectivity index (χ1n) is 8.81. The summed E-state index contributed by atoms with van der Waals surface area (Å²) in [6.07, 6.45) is -2.87. The standard InChI is InChI=1S/C20H19N3O6/c1-21-20(27)23-19(26)17(12-7-3-2-4-8-12)29-16(24)11-15-18(25)22-13-9-5-6-10-14(13)28-15/h2-10,15,17H,11H2,1H3,(H,22,25)(H2,21,23,26,27)/t15-,17+/m1/s1. The van der Waals surface area contributed by atoms with Gasteiger partial charge in [-0.25, -0.2) is 4.79 Å². The Bertz CT molecular complexity index is 931. The van der Waals surface area contributed by atoms with E-state index in [9.17, 15) is 19.2 Å². The Morgan fingerprint density at radius 2 is 1.79 bits per heavy atom. The van der Waals surface area contributed by atoms with Crippen molar-refractivity contribution in [2.75, 3.05) is 12.4 Å². The van der Waals surface area contributed by atoms with Crippen LogP contribution in [0.25, 0.3) is 0 Å². The van der Waals surface area contributed by atoms with E-state index in [0.717, 1.165) is 0 Å². The molecule has 0 aliphatic carbocycles. The predicted octanol–water partition coefficient (Wildman–Crippen LogP) is 1.52. The molecule has 0 unspecified atom stereocenters. The number of fused-ring (bicyclic) bond motifs is 1. The fourth-order valence-electron chi connectivity index (χ4n) is 2.70. The Labute approximate surface area is 166 Å². The normalized spacial score (nSPS) is 15.8. The number of carbonyl (C=O) groups excluding carboxylic acids is 4. The van der Waals surface area contributed by atoms with Crippen LogP contribution in [0, 0.1) is 0 Å². The van der Waals surface area contributed by atoms with Gasteiger partial charge in [0.2, 0.25) is 6.10 Å². The lowest BCUT2D eigenvalue weighted by molar-refractivity contribution is -0.158. The van der Waals surface area contributed by atoms with Gasteiger partial charge in [0.1, 0.15) is 5.75 Å². The molecule has 1 aliphatic rings. The topological polar surface area (TPSA) is 123 Å². The Morgan fingerprint density at radius 3 is 2.52 bits per heavy atom. The van der Waals surface area contributed by atoms with Crippen molar-refractivity contribution < 1.29 is 28.7 Å². The van der Waals surface area contributed by atoms with Crippen LogP contribution in [0.1, 0.15) is 18.1 Å². The largest absolute Gasteiger partial charge is 0.478 e. The van der Waals surface area contributed by atoms with E-state index < -0.39 is 42.4 Å². The maximum atomic E-state index is 12.4. The van der Waals surface area contributed by atoms with E-state index in [1.54, 1.807) is 54.6 Å². The number of ether oxygens (including phenoxy) is 2. The van der Waals surface area contributed by atoms with Gasteiger partial charge < -0.3 is 20.1 Å². The molecule has 1 aliphatic heterocycles. The number of imide groups is 1. The molecule has 9 nitrogen and oxygen atoms in total. The van der Waals surface area contributed by atoms with Crippen LogP contribution in [0.2, 0.25) is 0 Å². The molecule has 150 valence electrons. The fourth-order valence-corrected chi connectivity index (χ4v) is 2.70. The quantitative estimate of drug-likeness (QED) is 0.658. The third-order valence-corrected chi connectivity index (χ3v) is 4.11. The van der Waals surface area contributed by atoms with Gasteiger partial charge in [0.25, 0.3) is 11.8 Å². The number of benzene rings is 2. The minimum absolute atomic E-state index is 0.376. The number of nitrogens with one attached hydrogen (secondary N) is 3. The first-order valence-corrected chi connectivity index (χ1v) is 8.81. The molecular weight excluding hydrogens is 378 g/mol. The summed E-state index contributed by atoms with van der Waals surface area (Å²) < 4.78 is 10.9. The number of para-hydroxylation sites is 2. The Balaban J connectivity index is 1.71. The summed E-state index contributed by atoms with van der Waals surface area (Å²) in [4.78, 5) is 48.5. The highest BCUT2D eigenvalue weighted by Gasteiger charge is 2.33. The summed E-state index contributed by atoms with van der Waals surface area (Å²) in [6.45, 7) is 0. The molecule has 0 radical (unpaired) electrons. The molecule has 0 spiro atoms. The maximum Gasteiger partial charge on any atom is 0.321 e. The summed E-state index contributed by atoms with van der Waals surface area (Å²) in [7, 11) is 1.35. The van der Waals surface area contributed by atoms with Gasteiger partial charge in [-0.15, -0.1) is 0 Å². The van der Waals surface area contributed by atoms with Gasteiger partial charge in [-0.3, -0.25) is 19.7 Å². The van der Waals surface area contributed by atoms with Gasteiger partial charge in [0.05, 0.1) is 12.1 Å².